The molecule has 1 unspecified atom stereocenters. The van der Waals surface area contributed by atoms with E-state index in [1.807, 2.05) is 11.8 Å². The molecule has 0 saturated carbocycles. The van der Waals surface area contributed by atoms with Crippen molar-refractivity contribution in [2.75, 3.05) is 5.75 Å². The van der Waals surface area contributed by atoms with Crippen LogP contribution < -0.4 is 0 Å². The minimum Gasteiger partial charge on any atom is -0.233 e. The minimum atomic E-state index is 0.678. The summed E-state index contributed by atoms with van der Waals surface area (Å²) in [5.74, 6) is 1.31. The molecule has 1 nitrogen and oxygen atoms in total. The van der Waals surface area contributed by atoms with Gasteiger partial charge in [-0.15, -0.1) is 11.3 Å². The Hall–Kier alpha value is 0.460. The number of thioether (sulfide) groups is 1. The third-order valence-corrected chi connectivity index (χ3v) is 4.54. The molecule has 0 N–H and O–H groups in total. The van der Waals surface area contributed by atoms with E-state index in [1.54, 1.807) is 11.3 Å². The largest absolute Gasteiger partial charge is 0.233 e. The molecule has 0 aliphatic carbocycles. The molecular formula is C7H8BrNS2. The molecule has 60 valence electrons. The van der Waals surface area contributed by atoms with Crippen LogP contribution in [0, 0.1) is 0 Å². The summed E-state index contributed by atoms with van der Waals surface area (Å²) in [7, 11) is 0. The number of aromatic nitrogens is 1. The molecule has 11 heavy (non-hydrogen) atoms. The summed E-state index contributed by atoms with van der Waals surface area (Å²) in [6, 6.07) is 0. The second kappa shape index (κ2) is 3.46. The summed E-state index contributed by atoms with van der Waals surface area (Å²) >= 11 is 7.09. The Labute approximate surface area is 82.7 Å². The molecule has 0 amide bonds. The Morgan fingerprint density at radius 3 is 3.09 bits per heavy atom. The van der Waals surface area contributed by atoms with E-state index in [4.69, 9.17) is 0 Å². The van der Waals surface area contributed by atoms with Gasteiger partial charge in [-0.1, -0.05) is 0 Å². The Morgan fingerprint density at radius 1 is 1.64 bits per heavy atom. The molecule has 0 spiro atoms. The lowest BCUT2D eigenvalue weighted by Crippen LogP contribution is -1.86. The summed E-state index contributed by atoms with van der Waals surface area (Å²) < 4.78 is 1.01. The molecule has 1 aliphatic rings. The van der Waals surface area contributed by atoms with Crippen molar-refractivity contribution in [1.29, 1.82) is 0 Å². The Balaban J connectivity index is 2.15. The summed E-state index contributed by atoms with van der Waals surface area (Å²) in [4.78, 5) is 4.41. The fourth-order valence-electron chi connectivity index (χ4n) is 1.22. The fraction of sp³-hybridized carbons (Fsp3) is 0.571. The molecule has 1 aromatic rings. The standard InChI is InChI=1S/C7H8BrNS2/c8-7-9-5(4-11-7)6-2-1-3-10-6/h4,6H,1-3H2. The monoisotopic (exact) mass is 249 g/mol. The number of hydrogen-bond donors (Lipinski definition) is 0. The van der Waals surface area contributed by atoms with Crippen LogP contribution in [0.3, 0.4) is 0 Å². The highest BCUT2D eigenvalue weighted by atomic mass is 79.9. The van der Waals surface area contributed by atoms with Crippen molar-refractivity contribution in [3.63, 3.8) is 0 Å². The van der Waals surface area contributed by atoms with E-state index in [0.29, 0.717) is 5.25 Å². The summed E-state index contributed by atoms with van der Waals surface area (Å²) in [5.41, 5.74) is 1.27. The molecule has 0 bridgehead atoms. The first kappa shape index (κ1) is 8.08. The van der Waals surface area contributed by atoms with Gasteiger partial charge in [0.05, 0.1) is 5.69 Å². The maximum atomic E-state index is 4.41. The smallest absolute Gasteiger partial charge is 0.159 e. The Bertz CT molecular complexity index is 242. The molecule has 1 saturated heterocycles. The number of hydrogen-bond acceptors (Lipinski definition) is 3. The first-order valence-electron chi connectivity index (χ1n) is 3.59. The predicted octanol–water partition coefficient (Wildman–Crippen LogP) is 3.47. The van der Waals surface area contributed by atoms with Crippen LogP contribution in [0.25, 0.3) is 0 Å². The highest BCUT2D eigenvalue weighted by molar-refractivity contribution is 9.11. The lowest BCUT2D eigenvalue weighted by molar-refractivity contribution is 0.811. The minimum absolute atomic E-state index is 0.678. The van der Waals surface area contributed by atoms with E-state index < -0.39 is 0 Å². The van der Waals surface area contributed by atoms with Crippen molar-refractivity contribution in [3.8, 4) is 0 Å². The molecular weight excluding hydrogens is 242 g/mol. The van der Waals surface area contributed by atoms with Crippen LogP contribution >= 0.6 is 39.0 Å². The van der Waals surface area contributed by atoms with Crippen LogP contribution in [0.4, 0.5) is 0 Å². The summed E-state index contributed by atoms with van der Waals surface area (Å²) in [5, 5.41) is 2.84. The molecule has 0 aromatic carbocycles. The summed E-state index contributed by atoms with van der Waals surface area (Å²) in [6.07, 6.45) is 2.66. The van der Waals surface area contributed by atoms with Crippen molar-refractivity contribution in [3.05, 3.63) is 15.0 Å². The van der Waals surface area contributed by atoms with Gasteiger partial charge in [0.25, 0.3) is 0 Å². The molecule has 4 heteroatoms. The van der Waals surface area contributed by atoms with E-state index in [0.717, 1.165) is 3.92 Å². The van der Waals surface area contributed by atoms with E-state index in [2.05, 4.69) is 26.3 Å². The maximum Gasteiger partial charge on any atom is 0.159 e. The second-order valence-corrected chi connectivity index (χ2v) is 5.97. The SMILES string of the molecule is Brc1nc(C2CCCS2)cs1. The van der Waals surface area contributed by atoms with Gasteiger partial charge in [0.15, 0.2) is 3.92 Å². The zero-order valence-electron chi connectivity index (χ0n) is 5.92. The first-order valence-corrected chi connectivity index (χ1v) is 6.31. The van der Waals surface area contributed by atoms with Crippen LogP contribution in [0.15, 0.2) is 9.30 Å². The lowest BCUT2D eigenvalue weighted by Gasteiger charge is -2.01. The second-order valence-electron chi connectivity index (χ2n) is 2.53. The Kier molecular flexibility index (Phi) is 2.54. The van der Waals surface area contributed by atoms with Gasteiger partial charge >= 0.3 is 0 Å². The molecule has 1 fully saturated rings. The third kappa shape index (κ3) is 1.79. The third-order valence-electron chi connectivity index (χ3n) is 1.75. The van der Waals surface area contributed by atoms with Crippen LogP contribution in [-0.2, 0) is 0 Å². The van der Waals surface area contributed by atoms with Gasteiger partial charge in [-0.2, -0.15) is 11.8 Å². The van der Waals surface area contributed by atoms with E-state index >= 15 is 0 Å². The zero-order chi connectivity index (χ0) is 7.68. The van der Waals surface area contributed by atoms with Gasteiger partial charge in [-0.05, 0) is 34.5 Å². The number of halogens is 1. The normalized spacial score (nSPS) is 24.3. The van der Waals surface area contributed by atoms with Gasteiger partial charge < -0.3 is 0 Å². The lowest BCUT2D eigenvalue weighted by atomic mass is 10.2. The van der Waals surface area contributed by atoms with Crippen molar-refractivity contribution in [2.24, 2.45) is 0 Å². The van der Waals surface area contributed by atoms with Gasteiger partial charge in [0.2, 0.25) is 0 Å². The zero-order valence-corrected chi connectivity index (χ0v) is 9.14. The fourth-order valence-corrected chi connectivity index (χ4v) is 3.63. The van der Waals surface area contributed by atoms with Gasteiger partial charge in [0, 0.05) is 10.6 Å². The van der Waals surface area contributed by atoms with Gasteiger partial charge in [0.1, 0.15) is 0 Å². The average Bonchev–Trinajstić information content (AvgIpc) is 2.55. The maximum absolute atomic E-state index is 4.41. The van der Waals surface area contributed by atoms with Crippen molar-refractivity contribution in [2.45, 2.75) is 18.1 Å². The van der Waals surface area contributed by atoms with E-state index in [-0.39, 0.29) is 0 Å². The topological polar surface area (TPSA) is 12.9 Å². The quantitative estimate of drug-likeness (QED) is 0.756. The highest BCUT2D eigenvalue weighted by Gasteiger charge is 2.19. The molecule has 0 radical (unpaired) electrons. The van der Waals surface area contributed by atoms with E-state index in [9.17, 15) is 0 Å². The molecule has 1 aliphatic heterocycles. The van der Waals surface area contributed by atoms with Gasteiger partial charge in [-0.3, -0.25) is 0 Å². The van der Waals surface area contributed by atoms with Gasteiger partial charge in [-0.25, -0.2) is 4.98 Å². The van der Waals surface area contributed by atoms with Crippen LogP contribution in [0.1, 0.15) is 23.8 Å². The van der Waals surface area contributed by atoms with Crippen LogP contribution in [0.5, 0.6) is 0 Å². The predicted molar refractivity (Wildman–Crippen MR) is 54.2 cm³/mol. The number of rotatable bonds is 1. The Morgan fingerprint density at radius 2 is 2.55 bits per heavy atom. The molecule has 1 atom stereocenters. The number of thiazole rings is 1. The number of nitrogens with zero attached hydrogens (tertiary/aromatic N) is 1. The summed E-state index contributed by atoms with van der Waals surface area (Å²) in [6.45, 7) is 0. The van der Waals surface area contributed by atoms with Crippen molar-refractivity contribution in [1.82, 2.24) is 4.98 Å². The molecule has 2 heterocycles. The van der Waals surface area contributed by atoms with E-state index in [1.165, 1.54) is 24.3 Å². The van der Waals surface area contributed by atoms with Crippen LogP contribution in [0.2, 0.25) is 0 Å². The van der Waals surface area contributed by atoms with Crippen molar-refractivity contribution < 1.29 is 0 Å². The first-order chi connectivity index (χ1) is 5.36. The molecule has 1 aromatic heterocycles. The van der Waals surface area contributed by atoms with Crippen LogP contribution in [-0.4, -0.2) is 10.7 Å². The average molecular weight is 250 g/mol. The highest BCUT2D eigenvalue weighted by Crippen LogP contribution is 2.40. The van der Waals surface area contributed by atoms with Crippen molar-refractivity contribution >= 4 is 39.0 Å². The molecule has 2 rings (SSSR count).